The monoisotopic (exact) mass is 389 g/mol. The molecule has 0 fully saturated rings. The number of hydrogen-bond donors (Lipinski definition) is 1. The molecule has 6 nitrogen and oxygen atoms in total. The highest BCUT2D eigenvalue weighted by Crippen LogP contribution is 2.36. The first-order chi connectivity index (χ1) is 13.7. The Labute approximate surface area is 167 Å². The van der Waals surface area contributed by atoms with E-state index in [9.17, 15) is 4.79 Å². The Morgan fingerprint density at radius 1 is 1.11 bits per heavy atom. The molecule has 0 aliphatic rings. The fourth-order valence-electron chi connectivity index (χ4n) is 3.01. The van der Waals surface area contributed by atoms with Gasteiger partial charge in [-0.15, -0.1) is 0 Å². The van der Waals surface area contributed by atoms with Crippen molar-refractivity contribution >= 4 is 29.1 Å². The van der Waals surface area contributed by atoms with Crippen LogP contribution in [-0.4, -0.2) is 25.5 Å². The van der Waals surface area contributed by atoms with Gasteiger partial charge < -0.3 is 5.32 Å². The van der Waals surface area contributed by atoms with Gasteiger partial charge in [0, 0.05) is 21.7 Å². The van der Waals surface area contributed by atoms with Crippen molar-refractivity contribution in [1.82, 2.24) is 19.6 Å². The smallest absolute Gasteiger partial charge is 0.255 e. The molecule has 2 aromatic carbocycles. The molecule has 0 spiro atoms. The SMILES string of the molecule is CCc1c(C)nc2ncnn2c1Sc1ccccc1NC(=O)c1ccccc1. The molecule has 28 heavy (non-hydrogen) atoms. The number of carbonyl (C=O) groups is 1. The van der Waals surface area contributed by atoms with Gasteiger partial charge in [-0.2, -0.15) is 14.6 Å². The van der Waals surface area contributed by atoms with Crippen molar-refractivity contribution in [3.05, 3.63) is 77.7 Å². The average Bonchev–Trinajstić information content (AvgIpc) is 3.18. The van der Waals surface area contributed by atoms with Gasteiger partial charge in [-0.3, -0.25) is 4.79 Å². The molecule has 1 amide bonds. The predicted molar refractivity (Wildman–Crippen MR) is 110 cm³/mol. The van der Waals surface area contributed by atoms with Crippen molar-refractivity contribution in [2.75, 3.05) is 5.32 Å². The van der Waals surface area contributed by atoms with Crippen molar-refractivity contribution in [2.24, 2.45) is 0 Å². The summed E-state index contributed by atoms with van der Waals surface area (Å²) < 4.78 is 1.76. The Morgan fingerprint density at radius 2 is 1.86 bits per heavy atom. The molecule has 0 saturated heterocycles. The molecule has 0 atom stereocenters. The summed E-state index contributed by atoms with van der Waals surface area (Å²) in [5.74, 6) is 0.434. The Bertz CT molecular complexity index is 1140. The van der Waals surface area contributed by atoms with Crippen LogP contribution in [0.2, 0.25) is 0 Å². The fraction of sp³-hybridized carbons (Fsp3) is 0.143. The number of nitrogens with one attached hydrogen (secondary N) is 1. The summed E-state index contributed by atoms with van der Waals surface area (Å²) in [6, 6.07) is 16.9. The van der Waals surface area contributed by atoms with Gasteiger partial charge in [-0.05, 0) is 37.6 Å². The van der Waals surface area contributed by atoms with Crippen LogP contribution in [0.15, 0.2) is 70.8 Å². The summed E-state index contributed by atoms with van der Waals surface area (Å²) in [6.07, 6.45) is 2.34. The van der Waals surface area contributed by atoms with Gasteiger partial charge in [0.25, 0.3) is 11.7 Å². The van der Waals surface area contributed by atoms with E-state index in [1.54, 1.807) is 28.4 Å². The second-order valence-electron chi connectivity index (χ2n) is 6.22. The van der Waals surface area contributed by atoms with Crippen LogP contribution >= 0.6 is 11.8 Å². The maximum absolute atomic E-state index is 12.6. The first-order valence-corrected chi connectivity index (χ1v) is 9.81. The van der Waals surface area contributed by atoms with E-state index >= 15 is 0 Å². The number of amides is 1. The van der Waals surface area contributed by atoms with Crippen LogP contribution in [0, 0.1) is 6.92 Å². The fourth-order valence-corrected chi connectivity index (χ4v) is 4.23. The molecule has 2 heterocycles. The highest BCUT2D eigenvalue weighted by Gasteiger charge is 2.17. The third-order valence-corrected chi connectivity index (χ3v) is 5.60. The van der Waals surface area contributed by atoms with Gasteiger partial charge >= 0.3 is 0 Å². The summed E-state index contributed by atoms with van der Waals surface area (Å²) in [7, 11) is 0. The van der Waals surface area contributed by atoms with E-state index in [2.05, 4.69) is 27.3 Å². The van der Waals surface area contributed by atoms with Crippen molar-refractivity contribution in [3.8, 4) is 0 Å². The first kappa shape index (κ1) is 18.2. The predicted octanol–water partition coefficient (Wildman–Crippen LogP) is 4.40. The lowest BCUT2D eigenvalue weighted by atomic mass is 10.2. The maximum Gasteiger partial charge on any atom is 0.255 e. The summed E-state index contributed by atoms with van der Waals surface area (Å²) in [5.41, 5.74) is 3.43. The van der Waals surface area contributed by atoms with E-state index in [-0.39, 0.29) is 5.91 Å². The van der Waals surface area contributed by atoms with Crippen LogP contribution in [0.5, 0.6) is 0 Å². The van der Waals surface area contributed by atoms with Crippen LogP contribution < -0.4 is 5.32 Å². The molecular weight excluding hydrogens is 370 g/mol. The van der Waals surface area contributed by atoms with Crippen molar-refractivity contribution < 1.29 is 4.79 Å². The maximum atomic E-state index is 12.6. The van der Waals surface area contributed by atoms with Crippen molar-refractivity contribution in [2.45, 2.75) is 30.2 Å². The molecule has 4 rings (SSSR count). The highest BCUT2D eigenvalue weighted by molar-refractivity contribution is 7.99. The first-order valence-electron chi connectivity index (χ1n) is 9.00. The Balaban J connectivity index is 1.71. The topological polar surface area (TPSA) is 72.2 Å². The number of fused-ring (bicyclic) bond motifs is 1. The van der Waals surface area contributed by atoms with E-state index in [1.807, 2.05) is 49.4 Å². The molecular formula is C21H19N5OS. The van der Waals surface area contributed by atoms with Gasteiger partial charge in [0.15, 0.2) is 0 Å². The normalized spacial score (nSPS) is 10.9. The molecule has 140 valence electrons. The van der Waals surface area contributed by atoms with E-state index in [1.165, 1.54) is 6.33 Å². The van der Waals surface area contributed by atoms with E-state index < -0.39 is 0 Å². The molecule has 4 aromatic rings. The number of carbonyl (C=O) groups excluding carboxylic acids is 1. The molecule has 0 bridgehead atoms. The summed E-state index contributed by atoms with van der Waals surface area (Å²) in [6.45, 7) is 4.08. The number of nitrogens with zero attached hydrogens (tertiary/aromatic N) is 4. The molecule has 0 aliphatic carbocycles. The average molecular weight is 389 g/mol. The minimum Gasteiger partial charge on any atom is -0.321 e. The number of para-hydroxylation sites is 1. The van der Waals surface area contributed by atoms with Gasteiger partial charge in [0.05, 0.1) is 5.69 Å². The zero-order valence-electron chi connectivity index (χ0n) is 15.6. The largest absolute Gasteiger partial charge is 0.321 e. The lowest BCUT2D eigenvalue weighted by Gasteiger charge is -2.14. The highest BCUT2D eigenvalue weighted by atomic mass is 32.2. The number of aromatic nitrogens is 4. The Morgan fingerprint density at radius 3 is 2.64 bits per heavy atom. The lowest BCUT2D eigenvalue weighted by molar-refractivity contribution is 0.102. The van der Waals surface area contributed by atoms with Crippen LogP contribution in [0.25, 0.3) is 5.78 Å². The third-order valence-electron chi connectivity index (χ3n) is 4.42. The number of hydrogen-bond acceptors (Lipinski definition) is 5. The van der Waals surface area contributed by atoms with Gasteiger partial charge in [0.1, 0.15) is 11.4 Å². The van der Waals surface area contributed by atoms with E-state index in [0.29, 0.717) is 11.3 Å². The summed E-state index contributed by atoms with van der Waals surface area (Å²) in [5, 5.41) is 8.32. The lowest BCUT2D eigenvalue weighted by Crippen LogP contribution is -2.12. The summed E-state index contributed by atoms with van der Waals surface area (Å²) in [4.78, 5) is 22.3. The third kappa shape index (κ3) is 3.48. The van der Waals surface area contributed by atoms with Gasteiger partial charge in [-0.1, -0.05) is 49.0 Å². The van der Waals surface area contributed by atoms with Crippen molar-refractivity contribution in [3.63, 3.8) is 0 Å². The molecule has 1 N–H and O–H groups in total. The van der Waals surface area contributed by atoms with E-state index in [4.69, 9.17) is 0 Å². The zero-order valence-corrected chi connectivity index (χ0v) is 16.4. The standard InChI is InChI=1S/C21H19N5OS/c1-3-16-14(2)24-21-22-13-23-26(21)20(16)28-18-12-8-7-11-17(18)25-19(27)15-9-5-4-6-10-15/h4-13H,3H2,1-2H3,(H,25,27). The number of rotatable bonds is 5. The second kappa shape index (κ2) is 7.82. The van der Waals surface area contributed by atoms with Gasteiger partial charge in [0.2, 0.25) is 0 Å². The molecule has 7 heteroatoms. The van der Waals surface area contributed by atoms with Gasteiger partial charge in [-0.25, -0.2) is 4.98 Å². The quantitative estimate of drug-likeness (QED) is 0.512. The number of benzene rings is 2. The molecule has 0 aliphatic heterocycles. The van der Waals surface area contributed by atoms with E-state index in [0.717, 1.165) is 33.3 Å². The summed E-state index contributed by atoms with van der Waals surface area (Å²) >= 11 is 1.56. The van der Waals surface area contributed by atoms with Crippen LogP contribution in [0.4, 0.5) is 5.69 Å². The second-order valence-corrected chi connectivity index (χ2v) is 7.26. The molecule has 0 unspecified atom stereocenters. The minimum absolute atomic E-state index is 0.138. The van der Waals surface area contributed by atoms with Crippen LogP contribution in [0.1, 0.15) is 28.5 Å². The number of anilines is 1. The number of aryl methyl sites for hydroxylation is 1. The minimum atomic E-state index is -0.138. The zero-order chi connectivity index (χ0) is 19.5. The Hall–Kier alpha value is -3.19. The van der Waals surface area contributed by atoms with Crippen LogP contribution in [-0.2, 0) is 6.42 Å². The van der Waals surface area contributed by atoms with Crippen molar-refractivity contribution in [1.29, 1.82) is 0 Å². The van der Waals surface area contributed by atoms with Crippen LogP contribution in [0.3, 0.4) is 0 Å². The molecule has 0 saturated carbocycles. The molecule has 2 aromatic heterocycles. The molecule has 0 radical (unpaired) electrons. The Kier molecular flexibility index (Phi) is 5.08.